The number of aliphatic imine (C=N–C) groups is 4. The monoisotopic (exact) mass is 1160 g/mol. The quantitative estimate of drug-likeness (QED) is 0.227. The molecule has 0 aliphatic heterocycles. The molecule has 4 aliphatic rings. The van der Waals surface area contributed by atoms with Crippen molar-refractivity contribution in [1.29, 1.82) is 0 Å². The van der Waals surface area contributed by atoms with E-state index in [0.717, 1.165) is 67.3 Å². The van der Waals surface area contributed by atoms with Crippen LogP contribution in [-0.4, -0.2) is 67.7 Å². The first kappa shape index (κ1) is 68.2. The van der Waals surface area contributed by atoms with Crippen LogP contribution in [0.25, 0.3) is 0 Å². The average Bonchev–Trinajstić information content (AvgIpc) is 3.23. The number of aliphatic hydroxyl groups is 4. The van der Waals surface area contributed by atoms with E-state index in [-0.39, 0.29) is 77.5 Å². The molecule has 0 aromatic heterocycles. The second kappa shape index (κ2) is 24.6. The maximum Gasteiger partial charge on any atom is 0.118 e. The summed E-state index contributed by atoms with van der Waals surface area (Å²) in [7, 11) is 0. The number of nitrogens with zero attached hydrogens (tertiary/aromatic N) is 4. The third kappa shape index (κ3) is 17.5. The van der Waals surface area contributed by atoms with Gasteiger partial charge in [0.2, 0.25) is 0 Å². The summed E-state index contributed by atoms with van der Waals surface area (Å²) in [5.41, 5.74) is 12.8. The molecule has 4 unspecified atom stereocenters. The fraction of sp³-hybridized carbons (Fsp3) is 0.529. The van der Waals surface area contributed by atoms with Gasteiger partial charge >= 0.3 is 0 Å². The zero-order valence-electron chi connectivity index (χ0n) is 51.7. The summed E-state index contributed by atoms with van der Waals surface area (Å²) < 4.78 is 0. The van der Waals surface area contributed by atoms with Crippen molar-refractivity contribution in [3.8, 4) is 0 Å². The summed E-state index contributed by atoms with van der Waals surface area (Å²) in [4.78, 5) is 19.6. The van der Waals surface area contributed by atoms with E-state index in [1.54, 1.807) is 0 Å². The molecule has 0 fully saturated rings. The Bertz CT molecular complexity index is 2540. The average molecular weight is 1160 g/mol. The molecule has 0 bridgehead atoms. The first-order valence-corrected chi connectivity index (χ1v) is 27.4. The molecular formula is C68H96Cu2N4O4. The van der Waals surface area contributed by atoms with Crippen LogP contribution in [0.5, 0.6) is 0 Å². The zero-order valence-corrected chi connectivity index (χ0v) is 53.6. The Morgan fingerprint density at radius 2 is 0.436 bits per heavy atom. The Morgan fingerprint density at radius 1 is 0.269 bits per heavy atom. The van der Waals surface area contributed by atoms with Crippen LogP contribution < -0.4 is 0 Å². The van der Waals surface area contributed by atoms with Gasteiger partial charge in [-0.25, -0.2) is 0 Å². The van der Waals surface area contributed by atoms with Crippen LogP contribution in [0.2, 0.25) is 0 Å². The van der Waals surface area contributed by atoms with Crippen molar-refractivity contribution in [3.05, 3.63) is 142 Å². The van der Waals surface area contributed by atoms with Crippen molar-refractivity contribution >= 4 is 45.6 Å². The summed E-state index contributed by atoms with van der Waals surface area (Å²) in [5.74, 6) is 0. The van der Waals surface area contributed by atoms with Crippen LogP contribution in [0, 0.1) is 43.3 Å². The van der Waals surface area contributed by atoms with E-state index in [1.165, 1.54) is 0 Å². The van der Waals surface area contributed by atoms with Gasteiger partial charge in [0.05, 0.1) is 45.6 Å². The van der Waals surface area contributed by atoms with Gasteiger partial charge in [0.25, 0.3) is 0 Å². The third-order valence-electron chi connectivity index (χ3n) is 14.4. The SMILES string of the molecule is CC(C)(C)C1=CC(=Nc2cccc(N=C3C=C(C(C)(C)C)C=C(C(C)(C)C)C3O)c2)C(O)C(C(C)(C)C)=C1.CC(C)(C)C1=CC(=Nc2cccc(N=C3C=C(C(C)(C)C)C=C(C(C)(C)C)C3O)c2)C(O)C(C(C)(C)C)=C1.[Cu].[Cu]. The maximum atomic E-state index is 11.3. The van der Waals surface area contributed by atoms with Crippen LogP contribution in [0.4, 0.5) is 22.7 Å². The molecule has 0 saturated carbocycles. The Morgan fingerprint density at radius 3 is 0.577 bits per heavy atom. The predicted molar refractivity (Wildman–Crippen MR) is 326 cm³/mol. The number of hydrogen-bond acceptors (Lipinski definition) is 8. The topological polar surface area (TPSA) is 130 Å². The van der Waals surface area contributed by atoms with Crippen molar-refractivity contribution in [3.63, 3.8) is 0 Å². The van der Waals surface area contributed by atoms with E-state index >= 15 is 0 Å². The number of benzene rings is 2. The minimum Gasteiger partial charge on any atom is -0.382 e. The normalized spacial score (nSPS) is 23.1. The molecule has 434 valence electrons. The standard InChI is InChI=1S/2C34H48N2O2.2Cu/c2*1-31(2,3)21-16-25(33(7,8)9)29(37)27(18-21)35-23-14-13-15-24(20-23)36-28-19-22(32(4,5)6)17-26(30(28)38)34(10,11)12;;/h2*13-20,29-30,37-38H,1-12H3;;. The number of allylic oxidation sites excluding steroid dienone is 8. The molecule has 0 amide bonds. The minimum atomic E-state index is -0.770. The smallest absolute Gasteiger partial charge is 0.118 e. The molecular weight excluding hydrogens is 1060 g/mol. The van der Waals surface area contributed by atoms with Crippen LogP contribution >= 0.6 is 0 Å². The van der Waals surface area contributed by atoms with Crippen molar-refractivity contribution in [1.82, 2.24) is 0 Å². The Balaban J connectivity index is 0.000000400. The van der Waals surface area contributed by atoms with Crippen molar-refractivity contribution in [2.24, 2.45) is 63.3 Å². The molecule has 10 heteroatoms. The molecule has 4 N–H and O–H groups in total. The van der Waals surface area contributed by atoms with E-state index < -0.39 is 24.4 Å². The van der Waals surface area contributed by atoms with Gasteiger partial charge in [0.15, 0.2) is 0 Å². The van der Waals surface area contributed by atoms with E-state index in [0.29, 0.717) is 22.8 Å². The van der Waals surface area contributed by atoms with Crippen LogP contribution in [0.3, 0.4) is 0 Å². The van der Waals surface area contributed by atoms with Gasteiger partial charge in [-0.1, -0.05) is 203 Å². The third-order valence-corrected chi connectivity index (χ3v) is 14.4. The first-order chi connectivity index (χ1) is 34.3. The van der Waals surface area contributed by atoms with E-state index in [1.807, 2.05) is 72.8 Å². The Hall–Kier alpha value is -4.08. The second-order valence-electron chi connectivity index (χ2n) is 29.6. The molecule has 8 nitrogen and oxygen atoms in total. The zero-order chi connectivity index (χ0) is 57.7. The fourth-order valence-electron chi connectivity index (χ4n) is 9.22. The molecule has 2 aromatic carbocycles. The summed E-state index contributed by atoms with van der Waals surface area (Å²) in [6, 6.07) is 15.4. The van der Waals surface area contributed by atoms with Gasteiger partial charge in [-0.3, -0.25) is 20.0 Å². The number of rotatable bonds is 4. The predicted octanol–water partition coefficient (Wildman–Crippen LogP) is 16.9. The van der Waals surface area contributed by atoms with Gasteiger partial charge in [0, 0.05) is 34.1 Å². The molecule has 0 spiro atoms. The molecule has 0 heterocycles. The van der Waals surface area contributed by atoms with Gasteiger partial charge < -0.3 is 20.4 Å². The van der Waals surface area contributed by atoms with Gasteiger partial charge in [-0.2, -0.15) is 0 Å². The van der Waals surface area contributed by atoms with Gasteiger partial charge in [-0.15, -0.1) is 0 Å². The minimum absolute atomic E-state index is 0. The molecule has 4 atom stereocenters. The summed E-state index contributed by atoms with van der Waals surface area (Å²) in [5, 5.41) is 45.1. The maximum absolute atomic E-state index is 11.3. The molecule has 0 saturated heterocycles. The fourth-order valence-corrected chi connectivity index (χ4v) is 9.22. The number of hydrogen-bond donors (Lipinski definition) is 4. The van der Waals surface area contributed by atoms with E-state index in [9.17, 15) is 20.4 Å². The molecule has 2 radical (unpaired) electrons. The number of aliphatic hydroxyl groups excluding tert-OH is 4. The summed E-state index contributed by atoms with van der Waals surface area (Å²) in [6.07, 6.45) is 13.5. The second-order valence-corrected chi connectivity index (χ2v) is 29.6. The van der Waals surface area contributed by atoms with Gasteiger partial charge in [0.1, 0.15) is 24.4 Å². The van der Waals surface area contributed by atoms with Crippen molar-refractivity contribution < 1.29 is 54.6 Å². The van der Waals surface area contributed by atoms with Crippen LogP contribution in [-0.2, 0) is 34.1 Å². The largest absolute Gasteiger partial charge is 0.382 e. The molecule has 6 rings (SSSR count). The Kier molecular flexibility index (Phi) is 21.5. The van der Waals surface area contributed by atoms with Crippen molar-refractivity contribution in [2.75, 3.05) is 0 Å². The molecule has 2 aromatic rings. The van der Waals surface area contributed by atoms with Crippen LogP contribution in [0.1, 0.15) is 166 Å². The van der Waals surface area contributed by atoms with Gasteiger partial charge in [-0.05, 0) is 149 Å². The van der Waals surface area contributed by atoms with E-state index in [4.69, 9.17) is 20.0 Å². The molecule has 78 heavy (non-hydrogen) atoms. The first-order valence-electron chi connectivity index (χ1n) is 27.4. The summed E-state index contributed by atoms with van der Waals surface area (Å²) in [6.45, 7) is 51.6. The van der Waals surface area contributed by atoms with Crippen molar-refractivity contribution in [2.45, 2.75) is 191 Å². The summed E-state index contributed by atoms with van der Waals surface area (Å²) >= 11 is 0. The van der Waals surface area contributed by atoms with E-state index in [2.05, 4.69) is 190 Å². The van der Waals surface area contributed by atoms with Crippen LogP contribution in [0.15, 0.2) is 162 Å². The molecule has 4 aliphatic carbocycles. The Labute approximate surface area is 492 Å².